The standard InChI is InChI=1S/C15H21NO4/c1-11(2)9-16-14(17)10-20-13-6-4-12(5-7-13)8-15(18)19-3/h4-7,11H,8-10H2,1-3H3,(H,16,17). The largest absolute Gasteiger partial charge is 0.484 e. The Morgan fingerprint density at radius 3 is 2.40 bits per heavy atom. The van der Waals surface area contributed by atoms with E-state index in [-0.39, 0.29) is 24.9 Å². The molecule has 0 atom stereocenters. The normalized spacial score (nSPS) is 10.2. The summed E-state index contributed by atoms with van der Waals surface area (Å²) in [6.07, 6.45) is 0.228. The van der Waals surface area contributed by atoms with E-state index in [1.54, 1.807) is 24.3 Å². The van der Waals surface area contributed by atoms with Crippen LogP contribution in [0.25, 0.3) is 0 Å². The van der Waals surface area contributed by atoms with Gasteiger partial charge in [0, 0.05) is 6.54 Å². The summed E-state index contributed by atoms with van der Waals surface area (Å²) < 4.78 is 9.94. The first kappa shape index (κ1) is 16.0. The average molecular weight is 279 g/mol. The van der Waals surface area contributed by atoms with Crippen molar-refractivity contribution in [3.63, 3.8) is 0 Å². The van der Waals surface area contributed by atoms with Crippen LogP contribution in [0.15, 0.2) is 24.3 Å². The molecule has 110 valence electrons. The Kier molecular flexibility index (Phi) is 6.56. The van der Waals surface area contributed by atoms with Crippen LogP contribution in [0, 0.1) is 5.92 Å². The van der Waals surface area contributed by atoms with Gasteiger partial charge in [0.2, 0.25) is 0 Å². The minimum absolute atomic E-state index is 0.0108. The highest BCUT2D eigenvalue weighted by molar-refractivity contribution is 5.77. The molecule has 0 aliphatic heterocycles. The SMILES string of the molecule is COC(=O)Cc1ccc(OCC(=O)NCC(C)C)cc1. The molecule has 0 unspecified atom stereocenters. The van der Waals surface area contributed by atoms with Gasteiger partial charge in [-0.15, -0.1) is 0 Å². The molecular weight excluding hydrogens is 258 g/mol. The van der Waals surface area contributed by atoms with Gasteiger partial charge in [0.05, 0.1) is 13.5 Å². The lowest BCUT2D eigenvalue weighted by Crippen LogP contribution is -2.31. The van der Waals surface area contributed by atoms with Gasteiger partial charge in [-0.25, -0.2) is 0 Å². The fraction of sp³-hybridized carbons (Fsp3) is 0.467. The zero-order valence-electron chi connectivity index (χ0n) is 12.1. The lowest BCUT2D eigenvalue weighted by Gasteiger charge is -2.09. The predicted molar refractivity (Wildman–Crippen MR) is 75.5 cm³/mol. The number of esters is 1. The molecule has 0 aliphatic rings. The van der Waals surface area contributed by atoms with Crippen LogP contribution in [0.1, 0.15) is 19.4 Å². The summed E-state index contributed by atoms with van der Waals surface area (Å²) in [7, 11) is 1.36. The number of hydrogen-bond acceptors (Lipinski definition) is 4. The number of carbonyl (C=O) groups is 2. The molecule has 0 saturated heterocycles. The number of amides is 1. The number of methoxy groups -OCH3 is 1. The highest BCUT2D eigenvalue weighted by Gasteiger charge is 2.05. The first-order valence-corrected chi connectivity index (χ1v) is 6.56. The smallest absolute Gasteiger partial charge is 0.309 e. The lowest BCUT2D eigenvalue weighted by atomic mass is 10.1. The Morgan fingerprint density at radius 2 is 1.85 bits per heavy atom. The third kappa shape index (κ3) is 6.22. The number of ether oxygens (including phenoxy) is 2. The molecule has 0 heterocycles. The fourth-order valence-electron chi connectivity index (χ4n) is 1.46. The van der Waals surface area contributed by atoms with E-state index < -0.39 is 0 Å². The first-order valence-electron chi connectivity index (χ1n) is 6.56. The number of rotatable bonds is 7. The maximum atomic E-state index is 11.5. The number of nitrogens with one attached hydrogen (secondary N) is 1. The molecule has 0 fully saturated rings. The molecule has 0 aliphatic carbocycles. The quantitative estimate of drug-likeness (QED) is 0.769. The molecule has 1 aromatic rings. The van der Waals surface area contributed by atoms with Gasteiger partial charge in [0.1, 0.15) is 5.75 Å². The van der Waals surface area contributed by atoms with E-state index in [2.05, 4.69) is 10.1 Å². The summed E-state index contributed by atoms with van der Waals surface area (Å²) in [5, 5.41) is 2.77. The molecule has 0 aromatic heterocycles. The molecule has 1 amide bonds. The average Bonchev–Trinajstić information content (AvgIpc) is 2.44. The van der Waals surface area contributed by atoms with Crippen LogP contribution < -0.4 is 10.1 Å². The number of benzene rings is 1. The van der Waals surface area contributed by atoms with Crippen LogP contribution in [0.2, 0.25) is 0 Å². The van der Waals surface area contributed by atoms with E-state index in [0.29, 0.717) is 18.2 Å². The van der Waals surface area contributed by atoms with Gasteiger partial charge < -0.3 is 14.8 Å². The van der Waals surface area contributed by atoms with Gasteiger partial charge in [-0.3, -0.25) is 9.59 Å². The maximum absolute atomic E-state index is 11.5. The molecule has 20 heavy (non-hydrogen) atoms. The Labute approximate surface area is 119 Å². The Balaban J connectivity index is 2.38. The summed E-state index contributed by atoms with van der Waals surface area (Å²) >= 11 is 0. The van der Waals surface area contributed by atoms with Gasteiger partial charge in [0.25, 0.3) is 5.91 Å². The van der Waals surface area contributed by atoms with Crippen molar-refractivity contribution in [2.45, 2.75) is 20.3 Å². The molecule has 0 radical (unpaired) electrons. The second-order valence-electron chi connectivity index (χ2n) is 4.88. The highest BCUT2D eigenvalue weighted by atomic mass is 16.5. The Hall–Kier alpha value is -2.04. The summed E-state index contributed by atoms with van der Waals surface area (Å²) in [4.78, 5) is 22.6. The van der Waals surface area contributed by atoms with E-state index in [4.69, 9.17) is 4.74 Å². The summed E-state index contributed by atoms with van der Waals surface area (Å²) in [5.74, 6) is 0.582. The Bertz CT molecular complexity index is 440. The zero-order valence-corrected chi connectivity index (χ0v) is 12.1. The minimum atomic E-state index is -0.285. The van der Waals surface area contributed by atoms with Crippen molar-refractivity contribution in [1.29, 1.82) is 0 Å². The van der Waals surface area contributed by atoms with Gasteiger partial charge in [-0.05, 0) is 23.6 Å². The molecule has 1 aromatic carbocycles. The third-order valence-corrected chi connectivity index (χ3v) is 2.58. The number of hydrogen-bond donors (Lipinski definition) is 1. The molecule has 1 rings (SSSR count). The van der Waals surface area contributed by atoms with Crippen LogP contribution in [-0.2, 0) is 20.7 Å². The predicted octanol–water partition coefficient (Wildman–Crippen LogP) is 1.55. The van der Waals surface area contributed by atoms with E-state index in [1.165, 1.54) is 7.11 Å². The second-order valence-corrected chi connectivity index (χ2v) is 4.88. The molecule has 0 spiro atoms. The first-order chi connectivity index (χ1) is 9.51. The van der Waals surface area contributed by atoms with E-state index >= 15 is 0 Å². The van der Waals surface area contributed by atoms with Crippen molar-refractivity contribution in [3.05, 3.63) is 29.8 Å². The van der Waals surface area contributed by atoms with E-state index in [0.717, 1.165) is 5.56 Å². The number of carbonyl (C=O) groups excluding carboxylic acids is 2. The van der Waals surface area contributed by atoms with Crippen molar-refractivity contribution in [1.82, 2.24) is 5.32 Å². The van der Waals surface area contributed by atoms with Gasteiger partial charge in [0.15, 0.2) is 6.61 Å². The molecule has 1 N–H and O–H groups in total. The van der Waals surface area contributed by atoms with E-state index in [9.17, 15) is 9.59 Å². The van der Waals surface area contributed by atoms with Crippen molar-refractivity contribution < 1.29 is 19.1 Å². The monoisotopic (exact) mass is 279 g/mol. The lowest BCUT2D eigenvalue weighted by molar-refractivity contribution is -0.139. The van der Waals surface area contributed by atoms with Crippen molar-refractivity contribution >= 4 is 11.9 Å². The third-order valence-electron chi connectivity index (χ3n) is 2.58. The topological polar surface area (TPSA) is 64.6 Å². The van der Waals surface area contributed by atoms with Crippen LogP contribution in [-0.4, -0.2) is 32.1 Å². The molecule has 0 saturated carbocycles. The zero-order chi connectivity index (χ0) is 15.0. The molecular formula is C15H21NO4. The molecule has 5 nitrogen and oxygen atoms in total. The van der Waals surface area contributed by atoms with E-state index in [1.807, 2.05) is 13.8 Å². The van der Waals surface area contributed by atoms with Crippen LogP contribution in [0.3, 0.4) is 0 Å². The van der Waals surface area contributed by atoms with Crippen LogP contribution in [0.5, 0.6) is 5.75 Å². The molecule has 0 bridgehead atoms. The van der Waals surface area contributed by atoms with Gasteiger partial charge >= 0.3 is 5.97 Å². The van der Waals surface area contributed by atoms with Crippen molar-refractivity contribution in [3.8, 4) is 5.75 Å². The second kappa shape index (κ2) is 8.19. The van der Waals surface area contributed by atoms with Crippen LogP contribution >= 0.6 is 0 Å². The van der Waals surface area contributed by atoms with Crippen molar-refractivity contribution in [2.24, 2.45) is 5.92 Å². The fourth-order valence-corrected chi connectivity index (χ4v) is 1.46. The summed E-state index contributed by atoms with van der Waals surface area (Å²) in [6, 6.07) is 7.01. The maximum Gasteiger partial charge on any atom is 0.309 e. The van der Waals surface area contributed by atoms with Crippen LogP contribution in [0.4, 0.5) is 0 Å². The minimum Gasteiger partial charge on any atom is -0.484 e. The summed E-state index contributed by atoms with van der Waals surface area (Å²) in [6.45, 7) is 4.69. The highest BCUT2D eigenvalue weighted by Crippen LogP contribution is 2.12. The van der Waals surface area contributed by atoms with Crippen molar-refractivity contribution in [2.75, 3.05) is 20.3 Å². The summed E-state index contributed by atoms with van der Waals surface area (Å²) in [5.41, 5.74) is 0.841. The Morgan fingerprint density at radius 1 is 1.20 bits per heavy atom. The van der Waals surface area contributed by atoms with Gasteiger partial charge in [-0.2, -0.15) is 0 Å². The van der Waals surface area contributed by atoms with Gasteiger partial charge in [-0.1, -0.05) is 26.0 Å². The molecule has 5 heteroatoms.